The molecule has 108 valence electrons. The van der Waals surface area contributed by atoms with Crippen molar-refractivity contribution in [1.29, 1.82) is 0 Å². The van der Waals surface area contributed by atoms with Crippen molar-refractivity contribution in [1.82, 2.24) is 0 Å². The zero-order valence-electron chi connectivity index (χ0n) is 12.6. The average molecular weight is 274 g/mol. The molecule has 2 N–H and O–H groups in total. The minimum Gasteiger partial charge on any atom is -0.416 e. The Kier molecular flexibility index (Phi) is 5.04. The maximum Gasteiger partial charge on any atom is 0.192 e. The van der Waals surface area contributed by atoms with Gasteiger partial charge in [0.1, 0.15) is 0 Å². The maximum absolute atomic E-state index is 10.2. The summed E-state index contributed by atoms with van der Waals surface area (Å²) in [5.74, 6) is 0. The van der Waals surface area contributed by atoms with E-state index in [1.165, 1.54) is 6.42 Å². The number of rotatable bonds is 6. The van der Waals surface area contributed by atoms with Crippen LogP contribution in [0.25, 0.3) is 0 Å². The summed E-state index contributed by atoms with van der Waals surface area (Å²) < 4.78 is 6.27. The first-order chi connectivity index (χ1) is 8.15. The van der Waals surface area contributed by atoms with Gasteiger partial charge in [0.05, 0.1) is 6.10 Å². The fraction of sp³-hybridized carbons (Fsp3) is 1.00. The van der Waals surface area contributed by atoms with Gasteiger partial charge < -0.3 is 14.6 Å². The van der Waals surface area contributed by atoms with Gasteiger partial charge in [-0.05, 0) is 37.4 Å². The minimum atomic E-state index is -1.74. The molecule has 0 amide bonds. The Hall–Kier alpha value is 0.0969. The normalized spacial score (nSPS) is 21.5. The van der Waals surface area contributed by atoms with Gasteiger partial charge in [-0.25, -0.2) is 0 Å². The molecule has 1 saturated carbocycles. The Bertz CT molecular complexity index is 267. The van der Waals surface area contributed by atoms with E-state index < -0.39 is 14.4 Å². The van der Waals surface area contributed by atoms with E-state index in [4.69, 9.17) is 9.53 Å². The number of aliphatic hydroxyl groups is 2. The van der Waals surface area contributed by atoms with E-state index in [-0.39, 0.29) is 17.1 Å². The molecule has 0 aliphatic heterocycles. The van der Waals surface area contributed by atoms with Crippen molar-refractivity contribution >= 4 is 8.32 Å². The Morgan fingerprint density at radius 1 is 1.28 bits per heavy atom. The predicted molar refractivity (Wildman–Crippen MR) is 77.1 cm³/mol. The van der Waals surface area contributed by atoms with E-state index in [1.807, 2.05) is 0 Å². The van der Waals surface area contributed by atoms with Crippen LogP contribution in [0.1, 0.15) is 46.5 Å². The lowest BCUT2D eigenvalue weighted by atomic mass is 9.65. The summed E-state index contributed by atoms with van der Waals surface area (Å²) in [7, 11) is -1.74. The fourth-order valence-corrected chi connectivity index (χ4v) is 3.26. The summed E-state index contributed by atoms with van der Waals surface area (Å²) in [5, 5.41) is 19.4. The molecule has 1 atom stereocenters. The highest BCUT2D eigenvalue weighted by atomic mass is 28.4. The van der Waals surface area contributed by atoms with Crippen LogP contribution in [0.3, 0.4) is 0 Å². The van der Waals surface area contributed by atoms with E-state index in [1.54, 1.807) is 0 Å². The van der Waals surface area contributed by atoms with Crippen molar-refractivity contribution in [2.45, 2.75) is 70.7 Å². The SMILES string of the molecule is CC(C)(C)[Si](C)(C)OCC1([C@H](O)CCO)CCC1. The van der Waals surface area contributed by atoms with Gasteiger partial charge in [0.25, 0.3) is 0 Å². The van der Waals surface area contributed by atoms with E-state index in [0.29, 0.717) is 13.0 Å². The van der Waals surface area contributed by atoms with Crippen molar-refractivity contribution in [2.75, 3.05) is 13.2 Å². The van der Waals surface area contributed by atoms with Crippen LogP contribution in [-0.2, 0) is 4.43 Å². The van der Waals surface area contributed by atoms with Crippen molar-refractivity contribution in [3.05, 3.63) is 0 Å². The molecule has 0 bridgehead atoms. The third kappa shape index (κ3) is 3.35. The van der Waals surface area contributed by atoms with Gasteiger partial charge in [-0.2, -0.15) is 0 Å². The summed E-state index contributed by atoms with van der Waals surface area (Å²) in [6, 6.07) is 0. The second-order valence-corrected chi connectivity index (χ2v) is 12.1. The molecule has 1 rings (SSSR count). The van der Waals surface area contributed by atoms with Gasteiger partial charge in [-0.15, -0.1) is 0 Å². The monoisotopic (exact) mass is 274 g/mol. The summed E-state index contributed by atoms with van der Waals surface area (Å²) in [4.78, 5) is 0. The van der Waals surface area contributed by atoms with E-state index in [0.717, 1.165) is 12.8 Å². The Balaban J connectivity index is 2.60. The molecule has 0 heterocycles. The summed E-state index contributed by atoms with van der Waals surface area (Å²) in [5.41, 5.74) is -0.0851. The maximum atomic E-state index is 10.2. The molecule has 3 nitrogen and oxygen atoms in total. The highest BCUT2D eigenvalue weighted by Crippen LogP contribution is 2.47. The Morgan fingerprint density at radius 3 is 2.17 bits per heavy atom. The molecule has 1 aliphatic rings. The van der Waals surface area contributed by atoms with Gasteiger partial charge in [0, 0.05) is 18.6 Å². The molecule has 1 fully saturated rings. The largest absolute Gasteiger partial charge is 0.416 e. The molecular formula is C14H30O3Si. The van der Waals surface area contributed by atoms with E-state index in [2.05, 4.69) is 33.9 Å². The van der Waals surface area contributed by atoms with E-state index in [9.17, 15) is 5.11 Å². The first-order valence-corrected chi connectivity index (χ1v) is 9.98. The van der Waals surface area contributed by atoms with Gasteiger partial charge in [-0.1, -0.05) is 27.2 Å². The third-order valence-corrected chi connectivity index (χ3v) is 9.46. The first kappa shape index (κ1) is 16.2. The van der Waals surface area contributed by atoms with Crippen LogP contribution in [0.5, 0.6) is 0 Å². The fourth-order valence-electron chi connectivity index (χ4n) is 2.17. The molecule has 1 aliphatic carbocycles. The zero-order valence-corrected chi connectivity index (χ0v) is 13.6. The van der Waals surface area contributed by atoms with Crippen LogP contribution in [0.2, 0.25) is 18.1 Å². The van der Waals surface area contributed by atoms with Gasteiger partial charge >= 0.3 is 0 Å². The van der Waals surface area contributed by atoms with Crippen LogP contribution in [-0.4, -0.2) is 37.8 Å². The molecule has 0 radical (unpaired) electrons. The number of aliphatic hydroxyl groups excluding tert-OH is 2. The van der Waals surface area contributed by atoms with Gasteiger partial charge in [-0.3, -0.25) is 0 Å². The molecule has 0 spiro atoms. The van der Waals surface area contributed by atoms with Crippen LogP contribution < -0.4 is 0 Å². The zero-order chi connectivity index (χ0) is 14.0. The highest BCUT2D eigenvalue weighted by Gasteiger charge is 2.46. The third-order valence-electron chi connectivity index (χ3n) is 4.99. The standard InChI is InChI=1S/C14H30O3Si/c1-13(2,3)18(4,5)17-11-14(8-6-9-14)12(16)7-10-15/h12,15-16H,6-11H2,1-5H3/t12-/m1/s1. The Labute approximate surface area is 113 Å². The molecule has 4 heteroatoms. The number of hydrogen-bond acceptors (Lipinski definition) is 3. The lowest BCUT2D eigenvalue weighted by molar-refractivity contribution is -0.0756. The summed E-state index contributed by atoms with van der Waals surface area (Å²) in [6.45, 7) is 11.9. The van der Waals surface area contributed by atoms with Crippen LogP contribution >= 0.6 is 0 Å². The smallest absolute Gasteiger partial charge is 0.192 e. The van der Waals surface area contributed by atoms with Crippen molar-refractivity contribution < 1.29 is 14.6 Å². The topological polar surface area (TPSA) is 49.7 Å². The first-order valence-electron chi connectivity index (χ1n) is 7.07. The molecule has 0 unspecified atom stereocenters. The molecule has 0 saturated heterocycles. The van der Waals surface area contributed by atoms with Crippen molar-refractivity contribution in [3.63, 3.8) is 0 Å². The molecule has 0 aromatic carbocycles. The lowest BCUT2D eigenvalue weighted by Gasteiger charge is -2.48. The Morgan fingerprint density at radius 2 is 1.83 bits per heavy atom. The lowest BCUT2D eigenvalue weighted by Crippen LogP contribution is -2.50. The second kappa shape index (κ2) is 5.61. The molecule has 18 heavy (non-hydrogen) atoms. The van der Waals surface area contributed by atoms with Crippen molar-refractivity contribution in [2.24, 2.45) is 5.41 Å². The molecule has 0 aromatic rings. The van der Waals surface area contributed by atoms with Gasteiger partial charge in [0.15, 0.2) is 8.32 Å². The average Bonchev–Trinajstić information content (AvgIpc) is 2.14. The summed E-state index contributed by atoms with van der Waals surface area (Å²) in [6.07, 6.45) is 3.29. The van der Waals surface area contributed by atoms with Crippen LogP contribution in [0.15, 0.2) is 0 Å². The van der Waals surface area contributed by atoms with Crippen molar-refractivity contribution in [3.8, 4) is 0 Å². The quantitative estimate of drug-likeness (QED) is 0.732. The number of hydrogen-bond donors (Lipinski definition) is 2. The molecular weight excluding hydrogens is 244 g/mol. The second-order valence-electron chi connectivity index (χ2n) is 7.29. The minimum absolute atomic E-state index is 0.0585. The van der Waals surface area contributed by atoms with Crippen LogP contribution in [0, 0.1) is 5.41 Å². The highest BCUT2D eigenvalue weighted by molar-refractivity contribution is 6.74. The van der Waals surface area contributed by atoms with Crippen LogP contribution in [0.4, 0.5) is 0 Å². The molecule has 0 aromatic heterocycles. The predicted octanol–water partition coefficient (Wildman–Crippen LogP) is 2.92. The van der Waals surface area contributed by atoms with Gasteiger partial charge in [0.2, 0.25) is 0 Å². The summed E-state index contributed by atoms with van der Waals surface area (Å²) >= 11 is 0. The van der Waals surface area contributed by atoms with E-state index >= 15 is 0 Å².